The summed E-state index contributed by atoms with van der Waals surface area (Å²) in [6.45, 7) is 6.31. The zero-order valence-electron chi connectivity index (χ0n) is 27.1. The highest BCUT2D eigenvalue weighted by Gasteiger charge is 2.50. The quantitative estimate of drug-likeness (QED) is 0.315. The molecule has 2 atom stereocenters. The Balaban J connectivity index is 1.27. The zero-order chi connectivity index (χ0) is 32.3. The standard InChI is InChI=1S/C37H41FN6O3/c1-23(38)35(45)44-18-17-43(21-25(44)11-15-39)34-31-30(40-36(41-34)47-22-26-7-4-16-42(26)2)20-29(28-9-5-19-46-33(28)31)27-8-3-6-24-10-12-37(13-14-37)32(24)27/h3,6,8,20,25-26H,1,4-5,7,9-14,16-19,21-22H2,2H3/t25-,26-/m0/s1. The number of fused-ring (bicyclic) bond motifs is 5. The zero-order valence-corrected chi connectivity index (χ0v) is 27.1. The number of halogens is 1. The lowest BCUT2D eigenvalue weighted by atomic mass is 9.85. The van der Waals surface area contributed by atoms with Crippen LogP contribution in [0.1, 0.15) is 61.6 Å². The average molecular weight is 637 g/mol. The van der Waals surface area contributed by atoms with Crippen molar-refractivity contribution in [2.45, 2.75) is 75.3 Å². The van der Waals surface area contributed by atoms with E-state index in [1.165, 1.54) is 52.0 Å². The van der Waals surface area contributed by atoms with Crippen LogP contribution < -0.4 is 14.4 Å². The minimum atomic E-state index is -1.02. The number of likely N-dealkylation sites (N-methyl/N-ethyl adjacent to an activating group) is 1. The Morgan fingerprint density at radius 2 is 2.02 bits per heavy atom. The summed E-state index contributed by atoms with van der Waals surface area (Å²) in [6.07, 6.45) is 8.93. The molecule has 244 valence electrons. The molecule has 9 nitrogen and oxygen atoms in total. The summed E-state index contributed by atoms with van der Waals surface area (Å²) in [6, 6.07) is 11.2. The van der Waals surface area contributed by atoms with Gasteiger partial charge in [0.25, 0.3) is 5.91 Å². The third-order valence-corrected chi connectivity index (χ3v) is 11.2. The lowest BCUT2D eigenvalue weighted by molar-refractivity contribution is -0.131. The van der Waals surface area contributed by atoms with Crippen molar-refractivity contribution in [3.05, 3.63) is 53.4 Å². The van der Waals surface area contributed by atoms with Crippen LogP contribution in [0.3, 0.4) is 0 Å². The molecule has 0 N–H and O–H groups in total. The summed E-state index contributed by atoms with van der Waals surface area (Å²) in [5.41, 5.74) is 7.70. The predicted molar refractivity (Wildman–Crippen MR) is 177 cm³/mol. The number of carbonyl (C=O) groups excluding carboxylic acids is 1. The normalized spacial score (nSPS) is 22.9. The van der Waals surface area contributed by atoms with Gasteiger partial charge in [0.2, 0.25) is 0 Å². The second-order valence-corrected chi connectivity index (χ2v) is 14.0. The van der Waals surface area contributed by atoms with Crippen molar-refractivity contribution in [2.75, 3.05) is 51.3 Å². The number of carbonyl (C=O) groups is 1. The van der Waals surface area contributed by atoms with Gasteiger partial charge in [-0.15, -0.1) is 0 Å². The number of ether oxygens (including phenoxy) is 2. The number of nitriles is 1. The number of likely N-dealkylation sites (tertiary alicyclic amines) is 1. The van der Waals surface area contributed by atoms with E-state index >= 15 is 0 Å². The van der Waals surface area contributed by atoms with Crippen molar-refractivity contribution < 1.29 is 18.7 Å². The molecule has 5 aliphatic rings. The Labute approximate surface area is 275 Å². The highest BCUT2D eigenvalue weighted by molar-refractivity contribution is 6.01. The number of piperazine rings is 1. The number of aryl methyl sites for hydroxylation is 1. The fourth-order valence-corrected chi connectivity index (χ4v) is 8.55. The molecule has 8 rings (SSSR count). The first-order chi connectivity index (χ1) is 22.9. The molecule has 47 heavy (non-hydrogen) atoms. The minimum absolute atomic E-state index is 0.0650. The van der Waals surface area contributed by atoms with E-state index in [9.17, 15) is 14.4 Å². The van der Waals surface area contributed by atoms with Crippen molar-refractivity contribution in [1.82, 2.24) is 19.8 Å². The molecule has 0 radical (unpaired) electrons. The monoisotopic (exact) mass is 636 g/mol. The maximum absolute atomic E-state index is 14.0. The molecule has 3 fully saturated rings. The molecule has 1 saturated carbocycles. The Morgan fingerprint density at radius 3 is 2.79 bits per heavy atom. The molecular formula is C37H41FN6O3. The number of anilines is 1. The van der Waals surface area contributed by atoms with Crippen LogP contribution in [0.2, 0.25) is 0 Å². The van der Waals surface area contributed by atoms with Crippen molar-refractivity contribution in [3.8, 4) is 29.0 Å². The van der Waals surface area contributed by atoms with E-state index < -0.39 is 17.8 Å². The number of nitrogens with zero attached hydrogens (tertiary/aromatic N) is 6. The largest absolute Gasteiger partial charge is 0.492 e. The van der Waals surface area contributed by atoms with Gasteiger partial charge in [0, 0.05) is 31.2 Å². The Hall–Kier alpha value is -4.23. The summed E-state index contributed by atoms with van der Waals surface area (Å²) in [4.78, 5) is 28.6. The van der Waals surface area contributed by atoms with E-state index in [2.05, 4.69) is 53.8 Å². The van der Waals surface area contributed by atoms with Crippen LogP contribution in [0.25, 0.3) is 22.0 Å². The van der Waals surface area contributed by atoms with Gasteiger partial charge in [0.05, 0.1) is 36.0 Å². The molecule has 1 aromatic heterocycles. The van der Waals surface area contributed by atoms with Gasteiger partial charge in [-0.3, -0.25) is 4.79 Å². The lowest BCUT2D eigenvalue weighted by Gasteiger charge is -2.41. The number of aromatic nitrogens is 2. The van der Waals surface area contributed by atoms with Gasteiger partial charge in [-0.25, -0.2) is 4.39 Å². The molecular weight excluding hydrogens is 595 g/mol. The maximum atomic E-state index is 14.0. The molecule has 3 aromatic rings. The molecule has 2 aliphatic carbocycles. The van der Waals surface area contributed by atoms with Crippen LogP contribution in [-0.2, 0) is 23.1 Å². The van der Waals surface area contributed by atoms with Crippen molar-refractivity contribution >= 4 is 22.6 Å². The van der Waals surface area contributed by atoms with Crippen LogP contribution in [-0.4, -0.2) is 84.2 Å². The summed E-state index contributed by atoms with van der Waals surface area (Å²) in [7, 11) is 2.12. The number of hydrogen-bond acceptors (Lipinski definition) is 8. The van der Waals surface area contributed by atoms with E-state index in [1.807, 2.05) is 0 Å². The fourth-order valence-electron chi connectivity index (χ4n) is 8.55. The van der Waals surface area contributed by atoms with E-state index in [-0.39, 0.29) is 13.0 Å². The first kappa shape index (κ1) is 30.1. The van der Waals surface area contributed by atoms with Crippen LogP contribution in [0.4, 0.5) is 10.2 Å². The molecule has 2 aromatic carbocycles. The summed E-state index contributed by atoms with van der Waals surface area (Å²) in [5.74, 6) is -0.303. The molecule has 1 amide bonds. The average Bonchev–Trinajstić information content (AvgIpc) is 3.61. The van der Waals surface area contributed by atoms with E-state index in [0.717, 1.165) is 55.3 Å². The third-order valence-electron chi connectivity index (χ3n) is 11.2. The molecule has 4 heterocycles. The summed E-state index contributed by atoms with van der Waals surface area (Å²) >= 11 is 0. The second kappa shape index (κ2) is 11.8. The maximum Gasteiger partial charge on any atom is 0.319 e. The summed E-state index contributed by atoms with van der Waals surface area (Å²) in [5, 5.41) is 10.5. The Bertz CT molecular complexity index is 1820. The van der Waals surface area contributed by atoms with Crippen molar-refractivity contribution in [2.24, 2.45) is 0 Å². The van der Waals surface area contributed by atoms with Crippen LogP contribution >= 0.6 is 0 Å². The molecule has 3 aliphatic heterocycles. The fraction of sp³-hybridized carbons (Fsp3) is 0.514. The molecule has 1 spiro atoms. The van der Waals surface area contributed by atoms with Gasteiger partial charge in [-0.1, -0.05) is 24.8 Å². The minimum Gasteiger partial charge on any atom is -0.492 e. The van der Waals surface area contributed by atoms with Gasteiger partial charge in [0.15, 0.2) is 5.83 Å². The first-order valence-electron chi connectivity index (χ1n) is 17.1. The van der Waals surface area contributed by atoms with Gasteiger partial charge in [-0.2, -0.15) is 15.2 Å². The Morgan fingerprint density at radius 1 is 1.15 bits per heavy atom. The molecule has 0 unspecified atom stereocenters. The third kappa shape index (κ3) is 5.20. The SMILES string of the molecule is C=C(F)C(=O)N1CCN(c2nc(OC[C@@H]3CCCN3C)nc3cc(-c4cccc5c4C4(CC5)CC4)c4c(c23)OCCC4)C[C@@H]1CC#N. The smallest absolute Gasteiger partial charge is 0.319 e. The van der Waals surface area contributed by atoms with E-state index in [0.29, 0.717) is 49.6 Å². The van der Waals surface area contributed by atoms with Crippen molar-refractivity contribution in [3.63, 3.8) is 0 Å². The second-order valence-electron chi connectivity index (χ2n) is 14.0. The highest BCUT2D eigenvalue weighted by atomic mass is 19.1. The first-order valence-corrected chi connectivity index (χ1v) is 17.1. The number of amides is 1. The highest BCUT2D eigenvalue weighted by Crippen LogP contribution is 2.60. The van der Waals surface area contributed by atoms with Crippen LogP contribution in [0.15, 0.2) is 36.7 Å². The number of hydrogen-bond donors (Lipinski definition) is 0. The summed E-state index contributed by atoms with van der Waals surface area (Å²) < 4.78 is 26.9. The number of benzene rings is 2. The lowest BCUT2D eigenvalue weighted by Crippen LogP contribution is -2.55. The number of rotatable bonds is 7. The van der Waals surface area contributed by atoms with Gasteiger partial charge >= 0.3 is 6.01 Å². The Kier molecular flexibility index (Phi) is 7.55. The van der Waals surface area contributed by atoms with Gasteiger partial charge < -0.3 is 24.2 Å². The molecule has 2 saturated heterocycles. The van der Waals surface area contributed by atoms with E-state index in [4.69, 9.17) is 19.4 Å². The van der Waals surface area contributed by atoms with Crippen LogP contribution in [0, 0.1) is 11.3 Å². The molecule has 10 heteroatoms. The van der Waals surface area contributed by atoms with Crippen LogP contribution in [0.5, 0.6) is 11.8 Å². The predicted octanol–water partition coefficient (Wildman–Crippen LogP) is 5.49. The topological polar surface area (TPSA) is 94.8 Å². The van der Waals surface area contributed by atoms with Gasteiger partial charge in [0.1, 0.15) is 18.2 Å². The van der Waals surface area contributed by atoms with Gasteiger partial charge in [-0.05, 0) is 98.7 Å². The molecule has 0 bridgehead atoms. The van der Waals surface area contributed by atoms with E-state index in [1.54, 1.807) is 0 Å². The van der Waals surface area contributed by atoms with Crippen molar-refractivity contribution in [1.29, 1.82) is 5.26 Å².